The van der Waals surface area contributed by atoms with Crippen LogP contribution in [0.5, 0.6) is 5.75 Å². The van der Waals surface area contributed by atoms with Gasteiger partial charge in [0.05, 0.1) is 25.7 Å². The van der Waals surface area contributed by atoms with Crippen molar-refractivity contribution in [1.82, 2.24) is 9.80 Å². The van der Waals surface area contributed by atoms with Crippen molar-refractivity contribution in [2.75, 3.05) is 33.9 Å². The van der Waals surface area contributed by atoms with Crippen LogP contribution >= 0.6 is 0 Å². The van der Waals surface area contributed by atoms with E-state index in [0.29, 0.717) is 17.9 Å². The summed E-state index contributed by atoms with van der Waals surface area (Å²) in [7, 11) is 3.10. The molecule has 2 bridgehead atoms. The van der Waals surface area contributed by atoms with Gasteiger partial charge in [-0.05, 0) is 47.8 Å². The van der Waals surface area contributed by atoms with Crippen molar-refractivity contribution in [2.24, 2.45) is 10.8 Å². The lowest BCUT2D eigenvalue weighted by atomic mass is 9.65. The van der Waals surface area contributed by atoms with Crippen LogP contribution in [-0.4, -0.2) is 67.5 Å². The van der Waals surface area contributed by atoms with Crippen LogP contribution in [0.3, 0.4) is 0 Å². The van der Waals surface area contributed by atoms with E-state index in [1.54, 1.807) is 19.2 Å². The summed E-state index contributed by atoms with van der Waals surface area (Å²) in [6.07, 6.45) is 3.02. The number of imide groups is 1. The second-order valence-electron chi connectivity index (χ2n) is 11.2. The monoisotopic (exact) mass is 456 g/mol. The van der Waals surface area contributed by atoms with Crippen molar-refractivity contribution in [1.29, 1.82) is 0 Å². The van der Waals surface area contributed by atoms with Crippen molar-refractivity contribution in [2.45, 2.75) is 64.3 Å². The van der Waals surface area contributed by atoms with E-state index in [-0.39, 0.29) is 60.6 Å². The first kappa shape index (κ1) is 23.7. The van der Waals surface area contributed by atoms with Gasteiger partial charge in [-0.25, -0.2) is 0 Å². The SMILES string of the molecule is COCCN1C(=O)C[C@](CC(=O)N2C[C@]3(C)C[C@H]2CC(C)(C)C3)(c2cccc(OC)c2)C1=O. The second-order valence-corrected chi connectivity index (χ2v) is 11.2. The maximum absolute atomic E-state index is 13.8. The van der Waals surface area contributed by atoms with Crippen LogP contribution in [-0.2, 0) is 24.5 Å². The Morgan fingerprint density at radius 3 is 2.61 bits per heavy atom. The molecule has 1 aliphatic carbocycles. The van der Waals surface area contributed by atoms with E-state index in [1.807, 2.05) is 17.0 Å². The van der Waals surface area contributed by atoms with Gasteiger partial charge in [-0.1, -0.05) is 32.9 Å². The predicted octanol–water partition coefficient (Wildman–Crippen LogP) is 3.16. The van der Waals surface area contributed by atoms with Gasteiger partial charge in [0.15, 0.2) is 0 Å². The summed E-state index contributed by atoms with van der Waals surface area (Å²) in [6.45, 7) is 7.98. The highest BCUT2D eigenvalue weighted by atomic mass is 16.5. The molecule has 4 rings (SSSR count). The van der Waals surface area contributed by atoms with Crippen molar-refractivity contribution in [3.63, 3.8) is 0 Å². The third-order valence-electron chi connectivity index (χ3n) is 7.74. The maximum atomic E-state index is 13.8. The number of nitrogens with zero attached hydrogens (tertiary/aromatic N) is 2. The summed E-state index contributed by atoms with van der Waals surface area (Å²) in [4.78, 5) is 43.7. The Morgan fingerprint density at radius 1 is 1.15 bits per heavy atom. The molecular formula is C26H36N2O5. The molecule has 2 heterocycles. The van der Waals surface area contributed by atoms with Crippen molar-refractivity contribution < 1.29 is 23.9 Å². The highest BCUT2D eigenvalue weighted by molar-refractivity contribution is 6.10. The van der Waals surface area contributed by atoms with Crippen molar-refractivity contribution in [3.8, 4) is 5.75 Å². The normalized spacial score (nSPS) is 30.8. The minimum atomic E-state index is -1.22. The zero-order valence-electron chi connectivity index (χ0n) is 20.5. The summed E-state index contributed by atoms with van der Waals surface area (Å²) in [6, 6.07) is 7.40. The van der Waals surface area contributed by atoms with Gasteiger partial charge in [-0.15, -0.1) is 0 Å². The fourth-order valence-electron chi connectivity index (χ4n) is 6.71. The first-order chi connectivity index (χ1) is 15.5. The quantitative estimate of drug-likeness (QED) is 0.589. The maximum Gasteiger partial charge on any atom is 0.240 e. The van der Waals surface area contributed by atoms with Gasteiger partial charge < -0.3 is 14.4 Å². The Balaban J connectivity index is 1.67. The van der Waals surface area contributed by atoms with Crippen LogP contribution in [0.25, 0.3) is 0 Å². The van der Waals surface area contributed by atoms with Crippen LogP contribution in [0.4, 0.5) is 0 Å². The van der Waals surface area contributed by atoms with E-state index in [2.05, 4.69) is 20.8 Å². The number of methoxy groups -OCH3 is 2. The molecule has 3 fully saturated rings. The van der Waals surface area contributed by atoms with Crippen molar-refractivity contribution >= 4 is 17.7 Å². The van der Waals surface area contributed by atoms with E-state index in [1.165, 1.54) is 12.0 Å². The molecule has 1 aromatic carbocycles. The minimum absolute atomic E-state index is 0.0127. The summed E-state index contributed by atoms with van der Waals surface area (Å²) in [5.74, 6) is -0.0269. The number of carbonyl (C=O) groups is 3. The minimum Gasteiger partial charge on any atom is -0.497 e. The van der Waals surface area contributed by atoms with Crippen LogP contribution < -0.4 is 4.74 Å². The molecule has 1 aromatic rings. The van der Waals surface area contributed by atoms with E-state index in [9.17, 15) is 14.4 Å². The largest absolute Gasteiger partial charge is 0.497 e. The van der Waals surface area contributed by atoms with Crippen LogP contribution in [0.15, 0.2) is 24.3 Å². The van der Waals surface area contributed by atoms with Crippen molar-refractivity contribution in [3.05, 3.63) is 29.8 Å². The fraction of sp³-hybridized carbons (Fsp3) is 0.654. The Bertz CT molecular complexity index is 960. The summed E-state index contributed by atoms with van der Waals surface area (Å²) in [5, 5.41) is 0. The van der Waals surface area contributed by atoms with E-state index >= 15 is 0 Å². The third kappa shape index (κ3) is 4.27. The van der Waals surface area contributed by atoms with Crippen LogP contribution in [0.2, 0.25) is 0 Å². The first-order valence-electron chi connectivity index (χ1n) is 11.8. The first-order valence-corrected chi connectivity index (χ1v) is 11.8. The van der Waals surface area contributed by atoms with Crippen LogP contribution in [0.1, 0.15) is 58.4 Å². The molecular weight excluding hydrogens is 420 g/mol. The number of ether oxygens (including phenoxy) is 2. The smallest absolute Gasteiger partial charge is 0.240 e. The Morgan fingerprint density at radius 2 is 1.91 bits per heavy atom. The van der Waals surface area contributed by atoms with Gasteiger partial charge in [0.25, 0.3) is 0 Å². The molecule has 3 amide bonds. The fourth-order valence-corrected chi connectivity index (χ4v) is 6.71. The average Bonchev–Trinajstić information content (AvgIpc) is 3.15. The number of carbonyl (C=O) groups excluding carboxylic acids is 3. The average molecular weight is 457 g/mol. The predicted molar refractivity (Wildman–Crippen MR) is 124 cm³/mol. The van der Waals surface area contributed by atoms with Gasteiger partial charge in [0.1, 0.15) is 5.75 Å². The molecule has 1 saturated carbocycles. The number of fused-ring (bicyclic) bond motifs is 2. The Hall–Kier alpha value is -2.41. The molecule has 7 nitrogen and oxygen atoms in total. The highest BCUT2D eigenvalue weighted by Gasteiger charge is 2.56. The lowest BCUT2D eigenvalue weighted by Crippen LogP contribution is -2.45. The lowest BCUT2D eigenvalue weighted by Gasteiger charge is -2.39. The van der Waals surface area contributed by atoms with E-state index < -0.39 is 5.41 Å². The van der Waals surface area contributed by atoms with Gasteiger partial charge in [-0.2, -0.15) is 0 Å². The molecule has 0 aromatic heterocycles. The van der Waals surface area contributed by atoms with Gasteiger partial charge in [0, 0.05) is 32.5 Å². The molecule has 180 valence electrons. The van der Waals surface area contributed by atoms with Gasteiger partial charge >= 0.3 is 0 Å². The molecule has 0 spiro atoms. The van der Waals surface area contributed by atoms with E-state index in [0.717, 1.165) is 19.3 Å². The molecule has 2 aliphatic heterocycles. The molecule has 3 aliphatic rings. The highest BCUT2D eigenvalue weighted by Crippen LogP contribution is 2.53. The Labute approximate surface area is 196 Å². The number of hydrogen-bond acceptors (Lipinski definition) is 5. The molecule has 2 saturated heterocycles. The van der Waals surface area contributed by atoms with Gasteiger partial charge in [-0.3, -0.25) is 19.3 Å². The zero-order chi connectivity index (χ0) is 24.0. The number of benzene rings is 1. The standard InChI is InChI=1S/C26H36N2O5/c1-24(2)12-19-13-25(3,16-24)17-28(19)22(30)15-26(18-7-6-8-20(11-18)33-5)14-21(29)27(23(26)31)9-10-32-4/h6-8,11,19H,9-10,12-17H2,1-5H3/t19-,25-,26+/m1/s1. The van der Waals surface area contributed by atoms with Crippen LogP contribution in [0, 0.1) is 10.8 Å². The molecule has 0 unspecified atom stereocenters. The zero-order valence-corrected chi connectivity index (χ0v) is 20.5. The number of hydrogen-bond donors (Lipinski definition) is 0. The summed E-state index contributed by atoms with van der Waals surface area (Å²) >= 11 is 0. The summed E-state index contributed by atoms with van der Waals surface area (Å²) < 4.78 is 10.5. The molecule has 0 radical (unpaired) electrons. The lowest BCUT2D eigenvalue weighted by molar-refractivity contribution is -0.143. The number of rotatable bonds is 7. The Kier molecular flexibility index (Phi) is 6.06. The third-order valence-corrected chi connectivity index (χ3v) is 7.74. The summed E-state index contributed by atoms with van der Waals surface area (Å²) in [5.41, 5.74) is -0.274. The molecule has 7 heteroatoms. The number of likely N-dealkylation sites (tertiary alicyclic amines) is 2. The van der Waals surface area contributed by atoms with Gasteiger partial charge in [0.2, 0.25) is 17.7 Å². The topological polar surface area (TPSA) is 76.2 Å². The molecule has 0 N–H and O–H groups in total. The molecule has 33 heavy (non-hydrogen) atoms. The molecule has 3 atom stereocenters. The second kappa shape index (κ2) is 8.42. The van der Waals surface area contributed by atoms with E-state index in [4.69, 9.17) is 9.47 Å². The number of amides is 3.